The van der Waals surface area contributed by atoms with Crippen molar-refractivity contribution in [2.24, 2.45) is 11.3 Å². The molecule has 0 unspecified atom stereocenters. The van der Waals surface area contributed by atoms with E-state index in [2.05, 4.69) is 31.4 Å². The van der Waals surface area contributed by atoms with Crippen molar-refractivity contribution in [2.75, 3.05) is 11.9 Å². The van der Waals surface area contributed by atoms with E-state index in [1.165, 1.54) is 6.07 Å². The molecule has 0 radical (unpaired) electrons. The first-order valence-corrected chi connectivity index (χ1v) is 7.80. The maximum Gasteiger partial charge on any atom is 0.336 e. The molecule has 0 aliphatic heterocycles. The van der Waals surface area contributed by atoms with E-state index >= 15 is 0 Å². The zero-order chi connectivity index (χ0) is 17.9. The van der Waals surface area contributed by atoms with Crippen LogP contribution in [0.3, 0.4) is 0 Å². The Morgan fingerprint density at radius 2 is 1.83 bits per heavy atom. The van der Waals surface area contributed by atoms with Gasteiger partial charge < -0.3 is 15.1 Å². The third-order valence-electron chi connectivity index (χ3n) is 4.13. The minimum absolute atomic E-state index is 0.0476. The maximum atomic E-state index is 12.0. The van der Waals surface area contributed by atoms with Gasteiger partial charge in [0.05, 0.1) is 0 Å². The lowest BCUT2D eigenvalue weighted by Crippen LogP contribution is -2.40. The van der Waals surface area contributed by atoms with Crippen LogP contribution in [0.25, 0.3) is 11.0 Å². The summed E-state index contributed by atoms with van der Waals surface area (Å²) in [6, 6.07) is 7.69. The molecule has 2 amide bonds. The fourth-order valence-corrected chi connectivity index (χ4v) is 1.97. The van der Waals surface area contributed by atoms with Crippen molar-refractivity contribution in [3.05, 3.63) is 40.8 Å². The predicted octanol–water partition coefficient (Wildman–Crippen LogP) is 2.53. The second-order valence-electron chi connectivity index (χ2n) is 6.94. The molecule has 1 heterocycles. The Balaban J connectivity index is 2.00. The van der Waals surface area contributed by atoms with Gasteiger partial charge in [0.1, 0.15) is 5.58 Å². The number of benzene rings is 1. The molecule has 1 aromatic heterocycles. The van der Waals surface area contributed by atoms with Gasteiger partial charge in [0.15, 0.2) is 0 Å². The SMILES string of the molecule is C[C@H](CNC(=O)C(=O)Nc1ccc2oc(=O)ccc2c1)C(C)(C)C. The fraction of sp³-hybridized carbons (Fsp3) is 0.389. The molecule has 6 nitrogen and oxygen atoms in total. The Labute approximate surface area is 140 Å². The highest BCUT2D eigenvalue weighted by atomic mass is 16.4. The van der Waals surface area contributed by atoms with Crippen molar-refractivity contribution in [3.8, 4) is 0 Å². The van der Waals surface area contributed by atoms with Gasteiger partial charge in [-0.1, -0.05) is 27.7 Å². The number of fused-ring (bicyclic) bond motifs is 1. The largest absolute Gasteiger partial charge is 0.423 e. The first kappa shape index (κ1) is 17.7. The van der Waals surface area contributed by atoms with Gasteiger partial charge in [0, 0.05) is 23.7 Å². The van der Waals surface area contributed by atoms with Crippen molar-refractivity contribution in [1.82, 2.24) is 5.32 Å². The second-order valence-corrected chi connectivity index (χ2v) is 6.94. The van der Waals surface area contributed by atoms with Gasteiger partial charge in [0.25, 0.3) is 0 Å². The van der Waals surface area contributed by atoms with Crippen molar-refractivity contribution in [1.29, 1.82) is 0 Å². The molecule has 128 valence electrons. The molecule has 0 aliphatic rings. The molecule has 0 saturated carbocycles. The van der Waals surface area contributed by atoms with E-state index in [0.717, 1.165) is 0 Å². The molecule has 0 spiro atoms. The van der Waals surface area contributed by atoms with Gasteiger partial charge in [-0.25, -0.2) is 4.79 Å². The highest BCUT2D eigenvalue weighted by Crippen LogP contribution is 2.24. The third kappa shape index (κ3) is 4.44. The molecule has 0 fully saturated rings. The molecule has 6 heteroatoms. The average Bonchev–Trinajstić information content (AvgIpc) is 2.51. The summed E-state index contributed by atoms with van der Waals surface area (Å²) in [4.78, 5) is 35.0. The zero-order valence-electron chi connectivity index (χ0n) is 14.3. The normalized spacial score (nSPS) is 12.7. The average molecular weight is 330 g/mol. The Morgan fingerprint density at radius 1 is 1.12 bits per heavy atom. The quantitative estimate of drug-likeness (QED) is 0.668. The Morgan fingerprint density at radius 3 is 2.50 bits per heavy atom. The van der Waals surface area contributed by atoms with Gasteiger partial charge in [-0.05, 0) is 35.6 Å². The number of nitrogens with one attached hydrogen (secondary N) is 2. The fourth-order valence-electron chi connectivity index (χ4n) is 1.97. The van der Waals surface area contributed by atoms with Gasteiger partial charge in [-0.2, -0.15) is 0 Å². The Bertz CT molecular complexity index is 818. The zero-order valence-corrected chi connectivity index (χ0v) is 14.3. The van der Waals surface area contributed by atoms with Gasteiger partial charge in [-0.3, -0.25) is 9.59 Å². The molecule has 1 aromatic carbocycles. The summed E-state index contributed by atoms with van der Waals surface area (Å²) in [5, 5.41) is 5.84. The van der Waals surface area contributed by atoms with E-state index < -0.39 is 17.4 Å². The number of hydrogen-bond acceptors (Lipinski definition) is 4. The van der Waals surface area contributed by atoms with Crippen LogP contribution in [0.4, 0.5) is 5.69 Å². The van der Waals surface area contributed by atoms with Crippen LogP contribution in [0, 0.1) is 11.3 Å². The standard InChI is InChI=1S/C18H22N2O4/c1-11(18(2,3)4)10-19-16(22)17(23)20-13-6-7-14-12(9-13)5-8-15(21)24-14/h5-9,11H,10H2,1-4H3,(H,19,22)(H,20,23)/t11-/m1/s1. The molecular weight excluding hydrogens is 308 g/mol. The van der Waals surface area contributed by atoms with Gasteiger partial charge in [-0.15, -0.1) is 0 Å². The first-order chi connectivity index (χ1) is 11.2. The van der Waals surface area contributed by atoms with Gasteiger partial charge >= 0.3 is 17.4 Å². The summed E-state index contributed by atoms with van der Waals surface area (Å²) in [7, 11) is 0. The number of amides is 2. The molecule has 2 aromatic rings. The van der Waals surface area contributed by atoms with Crippen LogP contribution < -0.4 is 16.3 Å². The summed E-state index contributed by atoms with van der Waals surface area (Å²) >= 11 is 0. The van der Waals surface area contributed by atoms with Crippen molar-refractivity contribution >= 4 is 28.5 Å². The smallest absolute Gasteiger partial charge is 0.336 e. The van der Waals surface area contributed by atoms with E-state index in [0.29, 0.717) is 23.2 Å². The van der Waals surface area contributed by atoms with E-state index in [1.807, 2.05) is 6.92 Å². The summed E-state index contributed by atoms with van der Waals surface area (Å²) < 4.78 is 5.02. The van der Waals surface area contributed by atoms with E-state index in [1.54, 1.807) is 24.3 Å². The number of hydrogen-bond donors (Lipinski definition) is 2. The topological polar surface area (TPSA) is 88.4 Å². The molecule has 2 rings (SSSR count). The summed E-state index contributed by atoms with van der Waals surface area (Å²) in [5.41, 5.74) is 0.488. The molecule has 0 aliphatic carbocycles. The molecule has 0 bridgehead atoms. The number of carbonyl (C=O) groups is 2. The molecule has 0 saturated heterocycles. The minimum Gasteiger partial charge on any atom is -0.423 e. The third-order valence-corrected chi connectivity index (χ3v) is 4.13. The number of anilines is 1. The highest BCUT2D eigenvalue weighted by molar-refractivity contribution is 6.39. The summed E-state index contributed by atoms with van der Waals surface area (Å²) in [6.45, 7) is 8.69. The predicted molar refractivity (Wildman–Crippen MR) is 92.7 cm³/mol. The Kier molecular flexibility index (Phi) is 5.07. The number of rotatable bonds is 3. The van der Waals surface area contributed by atoms with Crippen LogP contribution >= 0.6 is 0 Å². The maximum absolute atomic E-state index is 12.0. The molecule has 24 heavy (non-hydrogen) atoms. The molecular formula is C18H22N2O4. The van der Waals surface area contributed by atoms with Crippen LogP contribution in [-0.2, 0) is 9.59 Å². The van der Waals surface area contributed by atoms with Crippen LogP contribution in [0.1, 0.15) is 27.7 Å². The van der Waals surface area contributed by atoms with Crippen molar-refractivity contribution in [3.63, 3.8) is 0 Å². The van der Waals surface area contributed by atoms with E-state index in [9.17, 15) is 14.4 Å². The van der Waals surface area contributed by atoms with Crippen molar-refractivity contribution in [2.45, 2.75) is 27.7 Å². The Hall–Kier alpha value is -2.63. The lowest BCUT2D eigenvalue weighted by Gasteiger charge is -2.27. The molecule has 2 N–H and O–H groups in total. The van der Waals surface area contributed by atoms with E-state index in [4.69, 9.17) is 4.42 Å². The second kappa shape index (κ2) is 6.86. The molecule has 1 atom stereocenters. The van der Waals surface area contributed by atoms with Crippen LogP contribution in [-0.4, -0.2) is 18.4 Å². The number of carbonyl (C=O) groups excluding carboxylic acids is 2. The lowest BCUT2D eigenvalue weighted by atomic mass is 9.82. The van der Waals surface area contributed by atoms with Crippen LogP contribution in [0.5, 0.6) is 0 Å². The monoisotopic (exact) mass is 330 g/mol. The van der Waals surface area contributed by atoms with Gasteiger partial charge in [0.2, 0.25) is 0 Å². The first-order valence-electron chi connectivity index (χ1n) is 7.80. The highest BCUT2D eigenvalue weighted by Gasteiger charge is 2.22. The van der Waals surface area contributed by atoms with Crippen LogP contribution in [0.15, 0.2) is 39.5 Å². The summed E-state index contributed by atoms with van der Waals surface area (Å²) in [5.74, 6) is -1.17. The minimum atomic E-state index is -0.729. The lowest BCUT2D eigenvalue weighted by molar-refractivity contribution is -0.136. The van der Waals surface area contributed by atoms with Crippen molar-refractivity contribution < 1.29 is 14.0 Å². The summed E-state index contributed by atoms with van der Waals surface area (Å²) in [6.07, 6.45) is 0. The van der Waals surface area contributed by atoms with E-state index in [-0.39, 0.29) is 11.3 Å². The van der Waals surface area contributed by atoms with Crippen LogP contribution in [0.2, 0.25) is 0 Å².